The predicted molar refractivity (Wildman–Crippen MR) is 106 cm³/mol. The molecule has 2 aliphatic heterocycles. The zero-order chi connectivity index (χ0) is 21.2. The maximum atomic E-state index is 12.5. The minimum atomic E-state index is -1.95. The van der Waals surface area contributed by atoms with Crippen LogP contribution in [0.4, 0.5) is 0 Å². The van der Waals surface area contributed by atoms with Crippen molar-refractivity contribution in [1.82, 2.24) is 0 Å². The summed E-state index contributed by atoms with van der Waals surface area (Å²) in [4.78, 5) is 27.5. The fourth-order valence-corrected chi connectivity index (χ4v) is 3.29. The van der Waals surface area contributed by atoms with Crippen LogP contribution in [0.5, 0.6) is 0 Å². The van der Waals surface area contributed by atoms with Crippen molar-refractivity contribution in [3.8, 4) is 0 Å². The SMILES string of the molecule is [N-]=[N+]=N[C@]1(COC(=O)c2ccccc2)OC2(B=B2)C(OC(=O)c2ccccc2)[C@@H]1O. The van der Waals surface area contributed by atoms with Crippen molar-refractivity contribution in [3.05, 3.63) is 82.2 Å². The third-order valence-electron chi connectivity index (χ3n) is 4.92. The average Bonchev–Trinajstić information content (AvgIpc) is 3.52. The summed E-state index contributed by atoms with van der Waals surface area (Å²) in [5.74, 6) is -1.35. The number of aliphatic hydroxyl groups is 1. The molecule has 0 aliphatic carbocycles. The molecule has 0 amide bonds. The van der Waals surface area contributed by atoms with Crippen molar-refractivity contribution in [2.24, 2.45) is 5.11 Å². The van der Waals surface area contributed by atoms with Crippen LogP contribution in [0.15, 0.2) is 65.8 Å². The third kappa shape index (κ3) is 3.66. The van der Waals surface area contributed by atoms with E-state index in [1.165, 1.54) is 0 Å². The summed E-state index contributed by atoms with van der Waals surface area (Å²) in [7, 11) is 0. The number of benzene rings is 2. The molecule has 2 heterocycles. The van der Waals surface area contributed by atoms with E-state index < -0.39 is 41.9 Å². The Kier molecular flexibility index (Phi) is 5.26. The first-order valence-corrected chi connectivity index (χ1v) is 9.13. The zero-order valence-electron chi connectivity index (χ0n) is 15.6. The number of esters is 2. The zero-order valence-corrected chi connectivity index (χ0v) is 15.6. The predicted octanol–water partition coefficient (Wildman–Crippen LogP) is 1.46. The maximum absolute atomic E-state index is 12.5. The molecule has 148 valence electrons. The molecule has 3 atom stereocenters. The molecule has 11 heteroatoms. The molecule has 1 N–H and O–H groups in total. The topological polar surface area (TPSA) is 131 Å². The monoisotopic (exact) mass is 403 g/mol. The molecule has 2 aliphatic rings. The van der Waals surface area contributed by atoms with E-state index in [9.17, 15) is 14.7 Å². The van der Waals surface area contributed by atoms with Crippen LogP contribution >= 0.6 is 0 Å². The van der Waals surface area contributed by atoms with E-state index >= 15 is 0 Å². The van der Waals surface area contributed by atoms with E-state index in [1.54, 1.807) is 74.3 Å². The first-order chi connectivity index (χ1) is 14.5. The Bertz CT molecular complexity index is 1040. The molecule has 4 rings (SSSR count). The van der Waals surface area contributed by atoms with Crippen molar-refractivity contribution in [3.63, 3.8) is 0 Å². The molecule has 1 unspecified atom stereocenters. The molecule has 9 nitrogen and oxygen atoms in total. The van der Waals surface area contributed by atoms with Gasteiger partial charge in [0.15, 0.2) is 0 Å². The summed E-state index contributed by atoms with van der Waals surface area (Å²) in [5, 5.41) is 13.2. The molecule has 2 aromatic carbocycles. The van der Waals surface area contributed by atoms with E-state index in [0.717, 1.165) is 0 Å². The molecule has 2 aromatic rings. The van der Waals surface area contributed by atoms with Crippen molar-refractivity contribution < 1.29 is 28.9 Å². The van der Waals surface area contributed by atoms with Gasteiger partial charge < -0.3 is 0 Å². The van der Waals surface area contributed by atoms with Crippen LogP contribution in [-0.4, -0.2) is 60.6 Å². The molecular formula is C19H15B2N3O6. The average molecular weight is 403 g/mol. The van der Waals surface area contributed by atoms with E-state index in [0.29, 0.717) is 0 Å². The van der Waals surface area contributed by atoms with Crippen LogP contribution in [0.3, 0.4) is 0 Å². The quantitative estimate of drug-likeness (QED) is 0.256. The Labute approximate surface area is 172 Å². The van der Waals surface area contributed by atoms with Gasteiger partial charge in [0.25, 0.3) is 0 Å². The van der Waals surface area contributed by atoms with Crippen molar-refractivity contribution in [1.29, 1.82) is 0 Å². The number of aliphatic hydroxyl groups excluding tert-OH is 1. The third-order valence-corrected chi connectivity index (χ3v) is 4.92. The molecule has 1 fully saturated rings. The Morgan fingerprint density at radius 1 is 1.07 bits per heavy atom. The fourth-order valence-electron chi connectivity index (χ4n) is 3.29. The van der Waals surface area contributed by atoms with Gasteiger partial charge in [0.2, 0.25) is 0 Å². The second kappa shape index (κ2) is 7.87. The fraction of sp³-hybridized carbons (Fsp3) is 0.263. The number of carbonyl (C=O) groups excluding carboxylic acids is 2. The first-order valence-electron chi connectivity index (χ1n) is 9.13. The van der Waals surface area contributed by atoms with Crippen LogP contribution in [0, 0.1) is 0 Å². The van der Waals surface area contributed by atoms with Gasteiger partial charge in [-0.3, -0.25) is 0 Å². The number of azide groups is 1. The van der Waals surface area contributed by atoms with E-state index in [-0.39, 0.29) is 11.1 Å². The summed E-state index contributed by atoms with van der Waals surface area (Å²) in [5.41, 5.74) is 7.65. The molecule has 0 saturated carbocycles. The normalized spacial score (nSPS) is 24.8. The van der Waals surface area contributed by atoms with Gasteiger partial charge in [-0.2, -0.15) is 0 Å². The molecule has 0 radical (unpaired) electrons. The van der Waals surface area contributed by atoms with Crippen LogP contribution in [0.2, 0.25) is 0 Å². The van der Waals surface area contributed by atoms with Gasteiger partial charge in [-0.15, -0.1) is 0 Å². The minimum absolute atomic E-state index is 0.285. The van der Waals surface area contributed by atoms with E-state index in [2.05, 4.69) is 10.0 Å². The summed E-state index contributed by atoms with van der Waals surface area (Å²) in [6.07, 6.45) is -2.74. The standard InChI is InChI=1S/C19H15B2N3O6/c22-24-23-18(11-28-16(26)12-7-3-1-4-8-12)14(25)15(19(30-18)20-21-19)29-17(27)13-9-5-2-6-10-13/h1-10,14-15,25H,11H2/t14-,15?,18+/m0/s1. The molecule has 0 bridgehead atoms. The van der Waals surface area contributed by atoms with Gasteiger partial charge in [-0.05, 0) is 0 Å². The van der Waals surface area contributed by atoms with Crippen molar-refractivity contribution >= 4 is 25.5 Å². The Hall–Kier alpha value is -3.26. The Balaban J connectivity index is 1.53. The second-order valence-corrected chi connectivity index (χ2v) is 6.90. The molecule has 30 heavy (non-hydrogen) atoms. The number of carbonyl (C=O) groups is 2. The first kappa shape index (κ1) is 20.0. The van der Waals surface area contributed by atoms with E-state index in [1.807, 2.05) is 0 Å². The summed E-state index contributed by atoms with van der Waals surface area (Å²) in [6.45, 7) is 2.59. The summed E-state index contributed by atoms with van der Waals surface area (Å²) in [6, 6.07) is 16.4. The van der Waals surface area contributed by atoms with Crippen LogP contribution in [0.1, 0.15) is 20.7 Å². The van der Waals surface area contributed by atoms with Crippen LogP contribution in [0.25, 0.3) is 10.4 Å². The van der Waals surface area contributed by atoms with Gasteiger partial charge in [0.05, 0.1) is 0 Å². The van der Waals surface area contributed by atoms with Gasteiger partial charge >= 0.3 is 172 Å². The van der Waals surface area contributed by atoms with Crippen molar-refractivity contribution in [2.75, 3.05) is 6.61 Å². The molecule has 1 spiro atoms. The molecule has 0 aromatic heterocycles. The van der Waals surface area contributed by atoms with Gasteiger partial charge in [0.1, 0.15) is 0 Å². The Morgan fingerprint density at radius 2 is 1.63 bits per heavy atom. The van der Waals surface area contributed by atoms with Crippen LogP contribution in [-0.2, 0) is 14.2 Å². The van der Waals surface area contributed by atoms with Crippen LogP contribution < -0.4 is 0 Å². The summed E-state index contributed by atoms with van der Waals surface area (Å²) >= 11 is 0. The van der Waals surface area contributed by atoms with Crippen molar-refractivity contribution in [2.45, 2.75) is 23.3 Å². The van der Waals surface area contributed by atoms with E-state index in [4.69, 9.17) is 19.7 Å². The number of hydrogen-bond donors (Lipinski definition) is 1. The second-order valence-electron chi connectivity index (χ2n) is 6.90. The Morgan fingerprint density at radius 3 is 2.17 bits per heavy atom. The molecular weight excluding hydrogens is 388 g/mol. The van der Waals surface area contributed by atoms with Gasteiger partial charge in [-0.1, -0.05) is 0 Å². The van der Waals surface area contributed by atoms with Gasteiger partial charge in [-0.25, -0.2) is 0 Å². The molecule has 1 saturated heterocycles. The number of ether oxygens (including phenoxy) is 3. The summed E-state index contributed by atoms with van der Waals surface area (Å²) < 4.78 is 16.5. The van der Waals surface area contributed by atoms with Gasteiger partial charge in [0, 0.05) is 0 Å². The number of rotatable bonds is 6. The number of hydrogen-bond acceptors (Lipinski definition) is 7. The number of nitrogens with zero attached hydrogens (tertiary/aromatic N) is 3.